The molecule has 0 saturated carbocycles. The van der Waals surface area contributed by atoms with E-state index in [0.29, 0.717) is 0 Å². The van der Waals surface area contributed by atoms with Crippen molar-refractivity contribution in [3.63, 3.8) is 0 Å². The third-order valence-electron chi connectivity index (χ3n) is 7.92. The Labute approximate surface area is 258 Å². The van der Waals surface area contributed by atoms with Gasteiger partial charge in [-0.05, 0) is 89.7 Å². The Hall–Kier alpha value is -2.37. The standard InChI is InChI=1S/C37H60N2O3/c1-5-7-9-17-27-38(31-35-23-13-11-14-24-35)29-19-21-33(3)41-37(40)42-34(4)22-20-30-39(28-18-10-8-6-2)32-36-25-15-12-16-26-36/h11-16,23-26,33-34H,5-10,17-22,27-32H2,1-4H3. The number of hydrogen-bond acceptors (Lipinski definition) is 5. The van der Waals surface area contributed by atoms with E-state index in [2.05, 4.69) is 84.3 Å². The van der Waals surface area contributed by atoms with E-state index in [9.17, 15) is 4.79 Å². The lowest BCUT2D eigenvalue weighted by Gasteiger charge is -2.24. The Morgan fingerprint density at radius 3 is 1.33 bits per heavy atom. The van der Waals surface area contributed by atoms with Crippen molar-refractivity contribution in [1.82, 2.24) is 9.80 Å². The molecule has 2 unspecified atom stereocenters. The minimum absolute atomic E-state index is 0.146. The summed E-state index contributed by atoms with van der Waals surface area (Å²) in [6, 6.07) is 21.4. The molecule has 5 nitrogen and oxygen atoms in total. The number of nitrogens with zero attached hydrogens (tertiary/aromatic N) is 2. The van der Waals surface area contributed by atoms with Crippen molar-refractivity contribution in [2.75, 3.05) is 26.2 Å². The van der Waals surface area contributed by atoms with Crippen molar-refractivity contribution in [3.8, 4) is 0 Å². The molecule has 0 fully saturated rings. The molecule has 2 aromatic rings. The Balaban J connectivity index is 1.68. The normalized spacial score (nSPS) is 12.9. The molecule has 0 amide bonds. The highest BCUT2D eigenvalue weighted by Gasteiger charge is 2.16. The van der Waals surface area contributed by atoms with E-state index in [1.165, 1.54) is 62.5 Å². The summed E-state index contributed by atoms with van der Waals surface area (Å²) < 4.78 is 11.3. The summed E-state index contributed by atoms with van der Waals surface area (Å²) in [5.41, 5.74) is 2.71. The molecule has 2 rings (SSSR count). The minimum Gasteiger partial charge on any atom is -0.431 e. The maximum absolute atomic E-state index is 12.5. The van der Waals surface area contributed by atoms with Gasteiger partial charge in [-0.15, -0.1) is 0 Å². The van der Waals surface area contributed by atoms with Gasteiger partial charge >= 0.3 is 6.16 Å². The Bertz CT molecular complexity index is 834. The second kappa shape index (κ2) is 23.1. The van der Waals surface area contributed by atoms with E-state index in [-0.39, 0.29) is 12.2 Å². The van der Waals surface area contributed by atoms with Crippen LogP contribution in [0.3, 0.4) is 0 Å². The first-order chi connectivity index (χ1) is 20.5. The van der Waals surface area contributed by atoms with Crippen LogP contribution >= 0.6 is 0 Å². The van der Waals surface area contributed by atoms with Gasteiger partial charge in [-0.2, -0.15) is 0 Å². The molecule has 0 aliphatic rings. The maximum atomic E-state index is 12.5. The smallest absolute Gasteiger partial charge is 0.431 e. The molecule has 0 bridgehead atoms. The van der Waals surface area contributed by atoms with Crippen LogP contribution in [0.2, 0.25) is 0 Å². The van der Waals surface area contributed by atoms with Crippen molar-refractivity contribution >= 4 is 6.16 Å². The van der Waals surface area contributed by atoms with Crippen LogP contribution in [0.4, 0.5) is 4.79 Å². The maximum Gasteiger partial charge on any atom is 0.508 e. The van der Waals surface area contributed by atoms with Gasteiger partial charge in [0.05, 0.1) is 0 Å². The highest BCUT2D eigenvalue weighted by Crippen LogP contribution is 2.14. The van der Waals surface area contributed by atoms with Crippen LogP contribution in [-0.4, -0.2) is 54.3 Å². The number of rotatable bonds is 24. The number of carbonyl (C=O) groups excluding carboxylic acids is 1. The van der Waals surface area contributed by atoms with Gasteiger partial charge in [0, 0.05) is 13.1 Å². The molecule has 0 radical (unpaired) electrons. The van der Waals surface area contributed by atoms with E-state index >= 15 is 0 Å². The molecule has 0 N–H and O–H groups in total. The van der Waals surface area contributed by atoms with Crippen molar-refractivity contribution in [3.05, 3.63) is 71.8 Å². The lowest BCUT2D eigenvalue weighted by atomic mass is 10.1. The number of benzene rings is 2. The topological polar surface area (TPSA) is 42.0 Å². The second-order valence-electron chi connectivity index (χ2n) is 12.0. The molecule has 0 heterocycles. The van der Waals surface area contributed by atoms with Crippen molar-refractivity contribution < 1.29 is 14.3 Å². The van der Waals surface area contributed by atoms with Gasteiger partial charge in [0.25, 0.3) is 0 Å². The summed E-state index contributed by atoms with van der Waals surface area (Å²) in [6.45, 7) is 14.7. The zero-order valence-electron chi connectivity index (χ0n) is 27.3. The molecule has 0 aliphatic carbocycles. The molecule has 0 aromatic heterocycles. The lowest BCUT2D eigenvalue weighted by molar-refractivity contribution is 0.00173. The Kier molecular flexibility index (Phi) is 19.7. The fourth-order valence-electron chi connectivity index (χ4n) is 5.43. The van der Waals surface area contributed by atoms with Crippen molar-refractivity contribution in [1.29, 1.82) is 0 Å². The van der Waals surface area contributed by atoms with Crippen LogP contribution in [0.25, 0.3) is 0 Å². The highest BCUT2D eigenvalue weighted by molar-refractivity contribution is 5.60. The van der Waals surface area contributed by atoms with Crippen LogP contribution in [0.1, 0.15) is 116 Å². The number of ether oxygens (including phenoxy) is 2. The summed E-state index contributed by atoms with van der Waals surface area (Å²) in [6.07, 6.45) is 13.0. The molecule has 0 saturated heterocycles. The summed E-state index contributed by atoms with van der Waals surface area (Å²) >= 11 is 0. The molecular formula is C37H60N2O3. The summed E-state index contributed by atoms with van der Waals surface area (Å²) in [4.78, 5) is 17.6. The first-order valence-corrected chi connectivity index (χ1v) is 16.9. The Morgan fingerprint density at radius 1 is 0.571 bits per heavy atom. The third kappa shape index (κ3) is 17.6. The zero-order valence-corrected chi connectivity index (χ0v) is 27.3. The van der Waals surface area contributed by atoms with E-state index in [1.54, 1.807) is 0 Å². The predicted molar refractivity (Wildman–Crippen MR) is 177 cm³/mol. The largest absolute Gasteiger partial charge is 0.508 e. The molecule has 0 spiro atoms. The summed E-state index contributed by atoms with van der Waals surface area (Å²) in [7, 11) is 0. The number of unbranched alkanes of at least 4 members (excludes halogenated alkanes) is 6. The fourth-order valence-corrected chi connectivity index (χ4v) is 5.43. The second-order valence-corrected chi connectivity index (χ2v) is 12.0. The highest BCUT2D eigenvalue weighted by atomic mass is 16.7. The summed E-state index contributed by atoms with van der Waals surface area (Å²) in [5.74, 6) is 0. The zero-order chi connectivity index (χ0) is 30.3. The minimum atomic E-state index is -0.531. The Morgan fingerprint density at radius 2 is 0.952 bits per heavy atom. The van der Waals surface area contributed by atoms with Gasteiger partial charge in [0.2, 0.25) is 0 Å². The van der Waals surface area contributed by atoms with Crippen LogP contribution in [0.15, 0.2) is 60.7 Å². The first kappa shape index (κ1) is 35.8. The van der Waals surface area contributed by atoms with E-state index in [0.717, 1.165) is 65.0 Å². The van der Waals surface area contributed by atoms with E-state index in [4.69, 9.17) is 9.47 Å². The van der Waals surface area contributed by atoms with Crippen LogP contribution in [0, 0.1) is 0 Å². The van der Waals surface area contributed by atoms with Gasteiger partial charge < -0.3 is 9.47 Å². The molecule has 236 valence electrons. The summed E-state index contributed by atoms with van der Waals surface area (Å²) in [5, 5.41) is 0. The molecule has 0 aliphatic heterocycles. The fraction of sp³-hybridized carbons (Fsp3) is 0.649. The molecule has 5 heteroatoms. The quantitative estimate of drug-likeness (QED) is 0.0913. The van der Waals surface area contributed by atoms with Crippen LogP contribution < -0.4 is 0 Å². The monoisotopic (exact) mass is 580 g/mol. The lowest BCUT2D eigenvalue weighted by Crippen LogP contribution is -2.28. The third-order valence-corrected chi connectivity index (χ3v) is 7.92. The van der Waals surface area contributed by atoms with Crippen molar-refractivity contribution in [2.45, 2.75) is 130 Å². The van der Waals surface area contributed by atoms with Gasteiger partial charge in [-0.25, -0.2) is 4.79 Å². The van der Waals surface area contributed by atoms with Gasteiger partial charge in [0.1, 0.15) is 12.2 Å². The average molecular weight is 581 g/mol. The molecule has 2 aromatic carbocycles. The molecule has 2 atom stereocenters. The SMILES string of the molecule is CCCCCCN(CCCC(C)OC(=O)OC(C)CCCN(CCCCCC)Cc1ccccc1)Cc1ccccc1. The van der Waals surface area contributed by atoms with E-state index in [1.807, 2.05) is 13.8 Å². The van der Waals surface area contributed by atoms with Crippen LogP contribution in [-0.2, 0) is 22.6 Å². The van der Waals surface area contributed by atoms with Gasteiger partial charge in [0.15, 0.2) is 0 Å². The average Bonchev–Trinajstić information content (AvgIpc) is 2.98. The molecular weight excluding hydrogens is 520 g/mol. The first-order valence-electron chi connectivity index (χ1n) is 16.9. The van der Waals surface area contributed by atoms with Gasteiger partial charge in [-0.1, -0.05) is 113 Å². The van der Waals surface area contributed by atoms with Crippen molar-refractivity contribution in [2.24, 2.45) is 0 Å². The van der Waals surface area contributed by atoms with E-state index < -0.39 is 6.16 Å². The van der Waals surface area contributed by atoms with Gasteiger partial charge in [-0.3, -0.25) is 9.80 Å². The number of hydrogen-bond donors (Lipinski definition) is 0. The number of carbonyl (C=O) groups is 1. The predicted octanol–water partition coefficient (Wildman–Crippen LogP) is 9.64. The van der Waals surface area contributed by atoms with Crippen LogP contribution in [0.5, 0.6) is 0 Å². The molecule has 42 heavy (non-hydrogen) atoms.